The van der Waals surface area contributed by atoms with E-state index in [0.29, 0.717) is 56.5 Å². The Balaban J connectivity index is 1.60. The molecule has 0 N–H and O–H groups in total. The van der Waals surface area contributed by atoms with Crippen LogP contribution in [0.1, 0.15) is 38.7 Å². The van der Waals surface area contributed by atoms with Gasteiger partial charge in [0.15, 0.2) is 0 Å². The van der Waals surface area contributed by atoms with Crippen molar-refractivity contribution in [2.24, 2.45) is 0 Å². The predicted molar refractivity (Wildman–Crippen MR) is 127 cm³/mol. The number of imide groups is 1. The second kappa shape index (κ2) is 10.5. The molecular weight excluding hydrogens is 418 g/mol. The summed E-state index contributed by atoms with van der Waals surface area (Å²) in [6.07, 6.45) is 6.30. The molecule has 0 spiro atoms. The minimum atomic E-state index is -0.205. The second-order valence-electron chi connectivity index (χ2n) is 8.17. The van der Waals surface area contributed by atoms with Gasteiger partial charge in [0.2, 0.25) is 5.95 Å². The second-order valence-corrected chi connectivity index (χ2v) is 8.17. The van der Waals surface area contributed by atoms with Gasteiger partial charge in [-0.05, 0) is 37.1 Å². The van der Waals surface area contributed by atoms with E-state index in [-0.39, 0.29) is 11.8 Å². The first-order chi connectivity index (χ1) is 16.1. The Kier molecular flexibility index (Phi) is 7.22. The topological polar surface area (TPSA) is 78.9 Å². The average Bonchev–Trinajstić information content (AvgIpc) is 3.10. The maximum Gasteiger partial charge on any atom is 0.277 e. The summed E-state index contributed by atoms with van der Waals surface area (Å²) in [5, 5.41) is 0. The number of benzene rings is 1. The molecule has 2 aliphatic rings. The molecular formula is C25H31N5O3. The lowest BCUT2D eigenvalue weighted by Gasteiger charge is -2.36. The van der Waals surface area contributed by atoms with Gasteiger partial charge < -0.3 is 14.5 Å². The summed E-state index contributed by atoms with van der Waals surface area (Å²) in [5.74, 6) is 1.04. The zero-order chi connectivity index (χ0) is 23.2. The summed E-state index contributed by atoms with van der Waals surface area (Å²) in [6.45, 7) is 7.67. The number of unbranched alkanes of at least 4 members (excludes halogenated alkanes) is 2. The molecule has 174 valence electrons. The molecule has 8 nitrogen and oxygen atoms in total. The molecule has 1 aromatic carbocycles. The number of nitrogens with zero attached hydrogens (tertiary/aromatic N) is 5. The number of piperazine rings is 1. The minimum absolute atomic E-state index is 0.190. The summed E-state index contributed by atoms with van der Waals surface area (Å²) < 4.78 is 5.55. The molecule has 3 heterocycles. The van der Waals surface area contributed by atoms with E-state index in [4.69, 9.17) is 4.74 Å². The third kappa shape index (κ3) is 4.84. The summed E-state index contributed by atoms with van der Waals surface area (Å²) in [4.78, 5) is 41.1. The van der Waals surface area contributed by atoms with Crippen molar-refractivity contribution in [3.8, 4) is 5.75 Å². The van der Waals surface area contributed by atoms with Crippen molar-refractivity contribution in [2.45, 2.75) is 33.1 Å². The van der Waals surface area contributed by atoms with Crippen LogP contribution in [-0.4, -0.2) is 70.9 Å². The first-order valence-electron chi connectivity index (χ1n) is 11.7. The Morgan fingerprint density at radius 1 is 0.879 bits per heavy atom. The summed E-state index contributed by atoms with van der Waals surface area (Å²) in [5.41, 5.74) is 1.75. The standard InChI is InChI=1S/C25H31N5O3/c1-3-5-6-14-30-23(31)21(19-8-10-20(11-9-19)33-4-2)22(24(30)32)28-15-17-29(18-16-28)25-26-12-7-13-27-25/h7-13H,3-6,14-18H2,1-2H3. The molecule has 0 saturated carbocycles. The van der Waals surface area contributed by atoms with E-state index in [2.05, 4.69) is 21.8 Å². The highest BCUT2D eigenvalue weighted by atomic mass is 16.5. The average molecular weight is 450 g/mol. The van der Waals surface area contributed by atoms with E-state index in [1.807, 2.05) is 36.1 Å². The molecule has 2 aromatic rings. The van der Waals surface area contributed by atoms with Gasteiger partial charge in [0.25, 0.3) is 11.8 Å². The lowest BCUT2D eigenvalue weighted by Crippen LogP contribution is -2.48. The van der Waals surface area contributed by atoms with Gasteiger partial charge in [0, 0.05) is 45.1 Å². The molecule has 1 aromatic heterocycles. The zero-order valence-corrected chi connectivity index (χ0v) is 19.4. The number of aromatic nitrogens is 2. The Morgan fingerprint density at radius 3 is 2.18 bits per heavy atom. The number of rotatable bonds is 9. The molecule has 0 aliphatic carbocycles. The SMILES string of the molecule is CCCCCN1C(=O)C(c2ccc(OCC)cc2)=C(N2CCN(c3ncccn3)CC2)C1=O. The van der Waals surface area contributed by atoms with E-state index in [1.165, 1.54) is 4.90 Å². The maximum absolute atomic E-state index is 13.5. The van der Waals surface area contributed by atoms with Crippen LogP contribution < -0.4 is 9.64 Å². The Hall–Kier alpha value is -3.42. The van der Waals surface area contributed by atoms with Crippen molar-refractivity contribution in [3.63, 3.8) is 0 Å². The summed E-state index contributed by atoms with van der Waals surface area (Å²) in [7, 11) is 0. The van der Waals surface area contributed by atoms with Crippen LogP contribution in [0.5, 0.6) is 5.75 Å². The number of hydrogen-bond acceptors (Lipinski definition) is 7. The number of anilines is 1. The van der Waals surface area contributed by atoms with Crippen molar-refractivity contribution < 1.29 is 14.3 Å². The molecule has 4 rings (SSSR count). The van der Waals surface area contributed by atoms with Crippen LogP contribution in [0.3, 0.4) is 0 Å². The molecule has 0 unspecified atom stereocenters. The van der Waals surface area contributed by atoms with Gasteiger partial charge in [-0.15, -0.1) is 0 Å². The van der Waals surface area contributed by atoms with Crippen LogP contribution in [0.4, 0.5) is 5.95 Å². The Bertz CT molecular complexity index is 998. The quantitative estimate of drug-likeness (QED) is 0.430. The molecule has 0 radical (unpaired) electrons. The monoisotopic (exact) mass is 449 g/mol. The van der Waals surface area contributed by atoms with Gasteiger partial charge >= 0.3 is 0 Å². The fourth-order valence-electron chi connectivity index (χ4n) is 4.31. The van der Waals surface area contributed by atoms with Crippen LogP contribution in [0.15, 0.2) is 48.4 Å². The minimum Gasteiger partial charge on any atom is -0.494 e. The molecule has 0 bridgehead atoms. The van der Waals surface area contributed by atoms with Crippen molar-refractivity contribution in [1.29, 1.82) is 0 Å². The van der Waals surface area contributed by atoms with E-state index < -0.39 is 0 Å². The third-order valence-electron chi connectivity index (χ3n) is 6.01. The van der Waals surface area contributed by atoms with E-state index >= 15 is 0 Å². The van der Waals surface area contributed by atoms with Gasteiger partial charge in [-0.25, -0.2) is 9.97 Å². The van der Waals surface area contributed by atoms with Crippen LogP contribution >= 0.6 is 0 Å². The predicted octanol–water partition coefficient (Wildman–Crippen LogP) is 2.97. The van der Waals surface area contributed by atoms with Crippen molar-refractivity contribution in [3.05, 3.63) is 54.0 Å². The van der Waals surface area contributed by atoms with Gasteiger partial charge in [0.1, 0.15) is 11.4 Å². The molecule has 0 atom stereocenters. The van der Waals surface area contributed by atoms with E-state index in [1.54, 1.807) is 18.5 Å². The van der Waals surface area contributed by atoms with E-state index in [9.17, 15) is 9.59 Å². The molecule has 2 aliphatic heterocycles. The smallest absolute Gasteiger partial charge is 0.277 e. The Morgan fingerprint density at radius 2 is 1.55 bits per heavy atom. The van der Waals surface area contributed by atoms with Gasteiger partial charge in [-0.3, -0.25) is 14.5 Å². The van der Waals surface area contributed by atoms with Crippen molar-refractivity contribution in [1.82, 2.24) is 19.8 Å². The largest absolute Gasteiger partial charge is 0.494 e. The molecule has 8 heteroatoms. The number of carbonyl (C=O) groups is 2. The lowest BCUT2D eigenvalue weighted by molar-refractivity contribution is -0.137. The summed E-state index contributed by atoms with van der Waals surface area (Å²) >= 11 is 0. The van der Waals surface area contributed by atoms with Gasteiger partial charge in [-0.2, -0.15) is 0 Å². The molecule has 33 heavy (non-hydrogen) atoms. The first-order valence-corrected chi connectivity index (χ1v) is 11.7. The fraction of sp³-hybridized carbons (Fsp3) is 0.440. The number of ether oxygens (including phenoxy) is 1. The highest BCUT2D eigenvalue weighted by Gasteiger charge is 2.41. The number of amides is 2. The normalized spacial score (nSPS) is 16.7. The van der Waals surface area contributed by atoms with Crippen molar-refractivity contribution >= 4 is 23.3 Å². The number of carbonyl (C=O) groups excluding carboxylic acids is 2. The van der Waals surface area contributed by atoms with Crippen LogP contribution in [0.2, 0.25) is 0 Å². The van der Waals surface area contributed by atoms with Crippen LogP contribution in [0, 0.1) is 0 Å². The molecule has 2 amide bonds. The van der Waals surface area contributed by atoms with Crippen LogP contribution in [0.25, 0.3) is 5.57 Å². The number of hydrogen-bond donors (Lipinski definition) is 0. The molecule has 1 fully saturated rings. The first kappa shape index (κ1) is 22.8. The highest BCUT2D eigenvalue weighted by Crippen LogP contribution is 2.33. The fourth-order valence-corrected chi connectivity index (χ4v) is 4.31. The van der Waals surface area contributed by atoms with Crippen molar-refractivity contribution in [2.75, 3.05) is 44.2 Å². The zero-order valence-electron chi connectivity index (χ0n) is 19.4. The molecule has 1 saturated heterocycles. The highest BCUT2D eigenvalue weighted by molar-refractivity contribution is 6.35. The lowest BCUT2D eigenvalue weighted by atomic mass is 10.0. The Labute approximate surface area is 194 Å². The van der Waals surface area contributed by atoms with Gasteiger partial charge in [0.05, 0.1) is 12.2 Å². The van der Waals surface area contributed by atoms with E-state index in [0.717, 1.165) is 30.6 Å². The summed E-state index contributed by atoms with van der Waals surface area (Å²) in [6, 6.07) is 9.24. The third-order valence-corrected chi connectivity index (χ3v) is 6.01. The van der Waals surface area contributed by atoms with Crippen LogP contribution in [-0.2, 0) is 9.59 Å². The van der Waals surface area contributed by atoms with Gasteiger partial charge in [-0.1, -0.05) is 31.9 Å². The maximum atomic E-state index is 13.5.